The number of rotatable bonds is 4. The molecule has 0 aliphatic carbocycles. The summed E-state index contributed by atoms with van der Waals surface area (Å²) in [5.74, 6) is 1.27. The van der Waals surface area contributed by atoms with E-state index in [-0.39, 0.29) is 9.79 Å². The summed E-state index contributed by atoms with van der Waals surface area (Å²) in [4.78, 5) is 9.55. The van der Waals surface area contributed by atoms with Gasteiger partial charge in [-0.3, -0.25) is 4.98 Å². The van der Waals surface area contributed by atoms with Crippen molar-refractivity contribution in [1.29, 1.82) is 0 Å². The van der Waals surface area contributed by atoms with E-state index in [0.29, 0.717) is 35.9 Å². The third-order valence-electron chi connectivity index (χ3n) is 5.95. The van der Waals surface area contributed by atoms with Crippen molar-refractivity contribution in [2.24, 2.45) is 0 Å². The van der Waals surface area contributed by atoms with Gasteiger partial charge < -0.3 is 19.3 Å². The number of pyridine rings is 1. The zero-order valence-electron chi connectivity index (χ0n) is 17.5. The molecule has 0 spiro atoms. The van der Waals surface area contributed by atoms with Crippen LogP contribution in [0.2, 0.25) is 0 Å². The van der Waals surface area contributed by atoms with Crippen LogP contribution in [0.5, 0.6) is 11.5 Å². The summed E-state index contributed by atoms with van der Waals surface area (Å²) in [5, 5.41) is 0.770. The van der Waals surface area contributed by atoms with Crippen LogP contribution in [-0.2, 0) is 9.84 Å². The van der Waals surface area contributed by atoms with E-state index in [2.05, 4.69) is 21.7 Å². The molecule has 3 aromatic rings. The van der Waals surface area contributed by atoms with Crippen LogP contribution in [-0.4, -0.2) is 64.2 Å². The van der Waals surface area contributed by atoms with Crippen LogP contribution in [0.25, 0.3) is 10.9 Å². The van der Waals surface area contributed by atoms with E-state index < -0.39 is 9.84 Å². The Morgan fingerprint density at radius 3 is 2.32 bits per heavy atom. The SMILES string of the molecule is CCN1CCN(c2c(S(=O)(=O)c3ccccc3)cnc3cc4c(cc23)OCCO4)CC1. The van der Waals surface area contributed by atoms with Crippen molar-refractivity contribution >= 4 is 26.4 Å². The molecule has 0 saturated carbocycles. The van der Waals surface area contributed by atoms with Crippen LogP contribution in [0.1, 0.15) is 6.92 Å². The van der Waals surface area contributed by atoms with Crippen LogP contribution in [0.15, 0.2) is 58.5 Å². The van der Waals surface area contributed by atoms with E-state index in [9.17, 15) is 8.42 Å². The van der Waals surface area contributed by atoms with Gasteiger partial charge in [0.05, 0.1) is 16.1 Å². The van der Waals surface area contributed by atoms with Gasteiger partial charge in [-0.05, 0) is 24.7 Å². The Balaban J connectivity index is 1.71. The summed E-state index contributed by atoms with van der Waals surface area (Å²) in [6.07, 6.45) is 1.49. The fourth-order valence-corrected chi connectivity index (χ4v) is 5.69. The number of likely N-dealkylation sites (N-methyl/N-ethyl adjacent to an activating group) is 1. The maximum atomic E-state index is 13.6. The average Bonchev–Trinajstić information content (AvgIpc) is 2.82. The molecule has 2 aliphatic rings. The number of hydrogen-bond acceptors (Lipinski definition) is 7. The highest BCUT2D eigenvalue weighted by atomic mass is 32.2. The minimum absolute atomic E-state index is 0.229. The van der Waals surface area contributed by atoms with Gasteiger partial charge in [0, 0.05) is 43.8 Å². The number of benzene rings is 2. The molecule has 0 radical (unpaired) electrons. The molecule has 1 aromatic heterocycles. The smallest absolute Gasteiger partial charge is 0.210 e. The number of ether oxygens (including phenoxy) is 2. The molecule has 3 heterocycles. The first-order valence-corrected chi connectivity index (χ1v) is 12.1. The molecular formula is C23H25N3O4S. The van der Waals surface area contributed by atoms with Gasteiger partial charge in [0.2, 0.25) is 9.84 Å². The minimum Gasteiger partial charge on any atom is -0.486 e. The van der Waals surface area contributed by atoms with E-state index in [4.69, 9.17) is 9.47 Å². The van der Waals surface area contributed by atoms with Gasteiger partial charge in [-0.25, -0.2) is 8.42 Å². The third-order valence-corrected chi connectivity index (χ3v) is 7.72. The first-order valence-electron chi connectivity index (χ1n) is 10.6. The highest BCUT2D eigenvalue weighted by molar-refractivity contribution is 7.91. The zero-order valence-corrected chi connectivity index (χ0v) is 18.3. The number of nitrogens with zero attached hydrogens (tertiary/aromatic N) is 3. The lowest BCUT2D eigenvalue weighted by Gasteiger charge is -2.37. The van der Waals surface area contributed by atoms with Gasteiger partial charge in [-0.2, -0.15) is 0 Å². The summed E-state index contributed by atoms with van der Waals surface area (Å²) in [5.41, 5.74) is 1.39. The molecule has 0 bridgehead atoms. The van der Waals surface area contributed by atoms with Gasteiger partial charge in [0.15, 0.2) is 11.5 Å². The molecule has 0 N–H and O–H groups in total. The standard InChI is InChI=1S/C23H25N3O4S/c1-2-25-8-10-26(11-9-25)23-18-14-20-21(30-13-12-29-20)15-19(18)24-16-22(23)31(27,28)17-6-4-3-5-7-17/h3-7,14-16H,2,8-13H2,1H3. The first kappa shape index (κ1) is 20.1. The molecule has 1 saturated heterocycles. The lowest BCUT2D eigenvalue weighted by molar-refractivity contribution is 0.172. The van der Waals surface area contributed by atoms with E-state index >= 15 is 0 Å². The van der Waals surface area contributed by atoms with Crippen LogP contribution in [0.3, 0.4) is 0 Å². The first-order chi connectivity index (χ1) is 15.1. The number of sulfone groups is 1. The Kier molecular flexibility index (Phi) is 5.19. The lowest BCUT2D eigenvalue weighted by atomic mass is 10.1. The second kappa shape index (κ2) is 8.01. The van der Waals surface area contributed by atoms with Gasteiger partial charge in [0.1, 0.15) is 18.1 Å². The summed E-state index contributed by atoms with van der Waals surface area (Å²) >= 11 is 0. The zero-order chi connectivity index (χ0) is 21.4. The molecule has 8 heteroatoms. The molecular weight excluding hydrogens is 414 g/mol. The molecule has 7 nitrogen and oxygen atoms in total. The van der Waals surface area contributed by atoms with E-state index in [1.54, 1.807) is 24.3 Å². The molecule has 2 aromatic carbocycles. The fraction of sp³-hybridized carbons (Fsp3) is 0.348. The average molecular weight is 440 g/mol. The second-order valence-electron chi connectivity index (χ2n) is 7.72. The van der Waals surface area contributed by atoms with E-state index in [1.807, 2.05) is 18.2 Å². The molecule has 0 atom stereocenters. The van der Waals surface area contributed by atoms with Crippen molar-refractivity contribution in [1.82, 2.24) is 9.88 Å². The summed E-state index contributed by atoms with van der Waals surface area (Å²) in [7, 11) is -3.74. The Bertz CT molecular complexity index is 1210. The number of anilines is 1. The summed E-state index contributed by atoms with van der Waals surface area (Å²) in [6.45, 7) is 7.36. The monoisotopic (exact) mass is 439 g/mol. The normalized spacial score (nSPS) is 17.1. The molecule has 31 heavy (non-hydrogen) atoms. The number of hydrogen-bond donors (Lipinski definition) is 0. The van der Waals surface area contributed by atoms with Gasteiger partial charge in [-0.15, -0.1) is 0 Å². The number of aromatic nitrogens is 1. The number of fused-ring (bicyclic) bond motifs is 2. The predicted octanol–water partition coefficient (Wildman–Crippen LogP) is 2.98. The summed E-state index contributed by atoms with van der Waals surface area (Å²) in [6, 6.07) is 12.3. The largest absolute Gasteiger partial charge is 0.486 e. The van der Waals surface area contributed by atoms with Gasteiger partial charge >= 0.3 is 0 Å². The van der Waals surface area contributed by atoms with E-state index in [1.165, 1.54) is 6.20 Å². The van der Waals surface area contributed by atoms with Crippen LogP contribution >= 0.6 is 0 Å². The van der Waals surface area contributed by atoms with Gasteiger partial charge in [0.25, 0.3) is 0 Å². The van der Waals surface area contributed by atoms with Crippen LogP contribution in [0.4, 0.5) is 5.69 Å². The van der Waals surface area contributed by atoms with Crippen molar-refractivity contribution in [3.05, 3.63) is 48.7 Å². The Morgan fingerprint density at radius 2 is 1.65 bits per heavy atom. The third kappa shape index (κ3) is 3.59. The molecule has 162 valence electrons. The van der Waals surface area contributed by atoms with Crippen molar-refractivity contribution in [2.75, 3.05) is 50.8 Å². The second-order valence-corrected chi connectivity index (χ2v) is 9.64. The Labute approximate surface area is 182 Å². The maximum absolute atomic E-state index is 13.6. The minimum atomic E-state index is -3.74. The molecule has 2 aliphatic heterocycles. The topological polar surface area (TPSA) is 72.0 Å². The molecule has 1 fully saturated rings. The number of piperazine rings is 1. The summed E-state index contributed by atoms with van der Waals surface area (Å²) < 4.78 is 38.7. The quantitative estimate of drug-likeness (QED) is 0.619. The van der Waals surface area contributed by atoms with Crippen molar-refractivity contribution in [3.8, 4) is 11.5 Å². The lowest BCUT2D eigenvalue weighted by Crippen LogP contribution is -2.46. The molecule has 0 unspecified atom stereocenters. The van der Waals surface area contributed by atoms with Crippen LogP contribution < -0.4 is 14.4 Å². The van der Waals surface area contributed by atoms with E-state index in [0.717, 1.165) is 38.1 Å². The Morgan fingerprint density at radius 1 is 0.968 bits per heavy atom. The highest BCUT2D eigenvalue weighted by Crippen LogP contribution is 2.41. The fourth-order valence-electron chi connectivity index (χ4n) is 4.23. The van der Waals surface area contributed by atoms with Crippen LogP contribution in [0, 0.1) is 0 Å². The Hall–Kier alpha value is -2.84. The predicted molar refractivity (Wildman–Crippen MR) is 119 cm³/mol. The molecule has 5 rings (SSSR count). The van der Waals surface area contributed by atoms with Crippen molar-refractivity contribution < 1.29 is 17.9 Å². The molecule has 0 amide bonds. The maximum Gasteiger partial charge on any atom is 0.210 e. The van der Waals surface area contributed by atoms with Crippen molar-refractivity contribution in [2.45, 2.75) is 16.7 Å². The van der Waals surface area contributed by atoms with Gasteiger partial charge in [-0.1, -0.05) is 25.1 Å². The highest BCUT2D eigenvalue weighted by Gasteiger charge is 2.29. The van der Waals surface area contributed by atoms with Crippen molar-refractivity contribution in [3.63, 3.8) is 0 Å².